The molecule has 0 aliphatic rings. The molecule has 0 saturated heterocycles. The topological polar surface area (TPSA) is 37.2 Å². The van der Waals surface area contributed by atoms with Crippen molar-refractivity contribution in [2.75, 3.05) is 6.54 Å². The second-order valence-corrected chi connectivity index (χ2v) is 6.13. The third-order valence-electron chi connectivity index (χ3n) is 3.33. The highest BCUT2D eigenvalue weighted by Crippen LogP contribution is 2.29. The van der Waals surface area contributed by atoms with E-state index in [-0.39, 0.29) is 0 Å². The van der Waals surface area contributed by atoms with Crippen molar-refractivity contribution in [3.63, 3.8) is 0 Å². The van der Waals surface area contributed by atoms with Gasteiger partial charge in [-0.25, -0.2) is 0 Å². The van der Waals surface area contributed by atoms with E-state index >= 15 is 0 Å². The van der Waals surface area contributed by atoms with Crippen molar-refractivity contribution in [3.05, 3.63) is 59.2 Å². The van der Waals surface area contributed by atoms with E-state index in [9.17, 15) is 5.11 Å². The third-order valence-corrected chi connectivity index (χ3v) is 4.55. The Morgan fingerprint density at radius 1 is 1.30 bits per heavy atom. The van der Waals surface area contributed by atoms with Crippen LogP contribution in [0.1, 0.15) is 16.5 Å². The molecular formula is C16H18N2OS. The molecule has 3 aromatic rings. The third kappa shape index (κ3) is 2.93. The Balaban J connectivity index is 1.59. The maximum Gasteiger partial charge on any atom is 0.101 e. The Morgan fingerprint density at radius 2 is 2.15 bits per heavy atom. The van der Waals surface area contributed by atoms with Crippen LogP contribution in [0.5, 0.6) is 0 Å². The Morgan fingerprint density at radius 3 is 2.90 bits per heavy atom. The largest absolute Gasteiger partial charge is 0.386 e. The molecule has 2 N–H and O–H groups in total. The summed E-state index contributed by atoms with van der Waals surface area (Å²) in [6.07, 6.45) is 3.66. The Labute approximate surface area is 122 Å². The first-order valence-electron chi connectivity index (χ1n) is 6.70. The Kier molecular flexibility index (Phi) is 3.87. The lowest BCUT2D eigenvalue weighted by molar-refractivity contribution is 0.178. The minimum absolute atomic E-state index is 0.448. The molecule has 0 aliphatic carbocycles. The van der Waals surface area contributed by atoms with E-state index < -0.39 is 6.10 Å². The predicted octanol–water partition coefficient (Wildman–Crippen LogP) is 3.06. The van der Waals surface area contributed by atoms with Gasteiger partial charge < -0.3 is 15.0 Å². The van der Waals surface area contributed by atoms with Gasteiger partial charge in [-0.15, -0.1) is 11.3 Å². The highest BCUT2D eigenvalue weighted by atomic mass is 32.1. The number of aliphatic hydroxyl groups excluding tert-OH is 1. The van der Waals surface area contributed by atoms with Gasteiger partial charge in [-0.1, -0.05) is 18.2 Å². The van der Waals surface area contributed by atoms with Crippen LogP contribution in [0.4, 0.5) is 0 Å². The van der Waals surface area contributed by atoms with E-state index in [1.54, 1.807) is 11.3 Å². The van der Waals surface area contributed by atoms with Crippen LogP contribution in [0.3, 0.4) is 0 Å². The lowest BCUT2D eigenvalue weighted by Gasteiger charge is -2.09. The summed E-state index contributed by atoms with van der Waals surface area (Å²) >= 11 is 1.66. The van der Waals surface area contributed by atoms with Gasteiger partial charge in [0.25, 0.3) is 0 Å². The molecule has 0 aliphatic heterocycles. The number of benzene rings is 1. The molecule has 2 aromatic heterocycles. The number of nitrogens with one attached hydrogen (secondary N) is 1. The van der Waals surface area contributed by atoms with Gasteiger partial charge >= 0.3 is 0 Å². The first-order valence-corrected chi connectivity index (χ1v) is 7.52. The average Bonchev–Trinajstić information content (AvgIpc) is 3.04. The van der Waals surface area contributed by atoms with E-state index in [1.165, 1.54) is 15.6 Å². The molecular weight excluding hydrogens is 268 g/mol. The van der Waals surface area contributed by atoms with Crippen LogP contribution >= 0.6 is 11.3 Å². The molecule has 0 fully saturated rings. The zero-order valence-corrected chi connectivity index (χ0v) is 12.2. The summed E-state index contributed by atoms with van der Waals surface area (Å²) in [5.41, 5.74) is 1.23. The monoisotopic (exact) mass is 286 g/mol. The van der Waals surface area contributed by atoms with Crippen LogP contribution < -0.4 is 5.32 Å². The van der Waals surface area contributed by atoms with Crippen LogP contribution in [-0.4, -0.2) is 16.2 Å². The molecule has 0 bridgehead atoms. The maximum atomic E-state index is 10.2. The number of rotatable bonds is 5. The zero-order valence-electron chi connectivity index (χ0n) is 11.4. The fourth-order valence-electron chi connectivity index (χ4n) is 2.29. The van der Waals surface area contributed by atoms with E-state index in [1.807, 2.05) is 29.9 Å². The Bertz CT molecular complexity index is 668. The fourth-order valence-corrected chi connectivity index (χ4v) is 3.34. The molecule has 0 spiro atoms. The molecule has 1 aromatic carbocycles. The number of nitrogens with zero attached hydrogens (tertiary/aromatic N) is 1. The second kappa shape index (κ2) is 5.79. The molecule has 1 atom stereocenters. The van der Waals surface area contributed by atoms with E-state index in [0.717, 1.165) is 11.4 Å². The highest BCUT2D eigenvalue weighted by molar-refractivity contribution is 7.19. The van der Waals surface area contributed by atoms with Crippen molar-refractivity contribution in [2.45, 2.75) is 12.6 Å². The molecule has 2 heterocycles. The summed E-state index contributed by atoms with van der Waals surface area (Å²) < 4.78 is 3.25. The highest BCUT2D eigenvalue weighted by Gasteiger charge is 2.10. The van der Waals surface area contributed by atoms with E-state index in [4.69, 9.17) is 0 Å². The quantitative estimate of drug-likeness (QED) is 0.756. The standard InChI is InChI=1S/C16H18N2OS/c1-18-7-6-12(11-18)9-17-10-14(19)16-8-13-4-2-3-5-15(13)20-16/h2-8,11,14,17,19H,9-10H2,1H3. The van der Waals surface area contributed by atoms with E-state index in [2.05, 4.69) is 35.8 Å². The summed E-state index contributed by atoms with van der Waals surface area (Å²) in [5, 5.41) is 14.8. The average molecular weight is 286 g/mol. The zero-order chi connectivity index (χ0) is 13.9. The molecule has 1 unspecified atom stereocenters. The van der Waals surface area contributed by atoms with Crippen LogP contribution in [0.25, 0.3) is 10.1 Å². The predicted molar refractivity (Wildman–Crippen MR) is 83.9 cm³/mol. The molecule has 20 heavy (non-hydrogen) atoms. The molecule has 0 amide bonds. The van der Waals surface area contributed by atoms with Crippen LogP contribution in [-0.2, 0) is 13.6 Å². The van der Waals surface area contributed by atoms with Gasteiger partial charge in [-0.05, 0) is 29.1 Å². The molecule has 3 rings (SSSR count). The summed E-state index contributed by atoms with van der Waals surface area (Å²) in [4.78, 5) is 1.02. The van der Waals surface area contributed by atoms with Crippen molar-refractivity contribution in [3.8, 4) is 0 Å². The van der Waals surface area contributed by atoms with Crippen LogP contribution in [0, 0.1) is 0 Å². The first kappa shape index (κ1) is 13.4. The van der Waals surface area contributed by atoms with Gasteiger partial charge in [0, 0.05) is 42.1 Å². The lowest BCUT2D eigenvalue weighted by atomic mass is 10.2. The first-order chi connectivity index (χ1) is 9.72. The van der Waals surface area contributed by atoms with Crippen molar-refractivity contribution in [1.82, 2.24) is 9.88 Å². The van der Waals surface area contributed by atoms with Gasteiger partial charge in [-0.3, -0.25) is 0 Å². The van der Waals surface area contributed by atoms with Crippen LogP contribution in [0.2, 0.25) is 0 Å². The number of aryl methyl sites for hydroxylation is 1. The number of aromatic nitrogens is 1. The minimum atomic E-state index is -0.448. The van der Waals surface area contributed by atoms with Crippen molar-refractivity contribution < 1.29 is 5.11 Å². The normalized spacial score (nSPS) is 12.9. The summed E-state index contributed by atoms with van der Waals surface area (Å²) in [7, 11) is 2.01. The van der Waals surface area contributed by atoms with Gasteiger partial charge in [-0.2, -0.15) is 0 Å². The second-order valence-electron chi connectivity index (χ2n) is 5.02. The number of hydrogen-bond acceptors (Lipinski definition) is 3. The van der Waals surface area contributed by atoms with Crippen LogP contribution in [0.15, 0.2) is 48.8 Å². The Hall–Kier alpha value is -1.62. The SMILES string of the molecule is Cn1ccc(CNCC(O)c2cc3ccccc3s2)c1. The summed E-state index contributed by atoms with van der Waals surface area (Å²) in [6, 6.07) is 12.4. The molecule has 4 heteroatoms. The van der Waals surface area contributed by atoms with Crippen molar-refractivity contribution >= 4 is 21.4 Å². The molecule has 0 radical (unpaired) electrons. The smallest absolute Gasteiger partial charge is 0.101 e. The van der Waals surface area contributed by atoms with Crippen molar-refractivity contribution in [2.24, 2.45) is 7.05 Å². The van der Waals surface area contributed by atoms with Crippen molar-refractivity contribution in [1.29, 1.82) is 0 Å². The summed E-state index contributed by atoms with van der Waals surface area (Å²) in [5.74, 6) is 0. The van der Waals surface area contributed by atoms with Gasteiger partial charge in [0.1, 0.15) is 6.10 Å². The fraction of sp³-hybridized carbons (Fsp3) is 0.250. The van der Waals surface area contributed by atoms with Gasteiger partial charge in [0.05, 0.1) is 0 Å². The molecule has 104 valence electrons. The maximum absolute atomic E-state index is 10.2. The minimum Gasteiger partial charge on any atom is -0.386 e. The van der Waals surface area contributed by atoms with E-state index in [0.29, 0.717) is 6.54 Å². The number of hydrogen-bond donors (Lipinski definition) is 2. The molecule has 3 nitrogen and oxygen atoms in total. The number of thiophene rings is 1. The summed E-state index contributed by atoms with van der Waals surface area (Å²) in [6.45, 7) is 1.35. The van der Waals surface area contributed by atoms with Gasteiger partial charge in [0.2, 0.25) is 0 Å². The number of aliphatic hydroxyl groups is 1. The lowest BCUT2D eigenvalue weighted by Crippen LogP contribution is -2.20. The molecule has 0 saturated carbocycles. The number of fused-ring (bicyclic) bond motifs is 1. The van der Waals surface area contributed by atoms with Gasteiger partial charge in [0.15, 0.2) is 0 Å².